The van der Waals surface area contributed by atoms with Gasteiger partial charge in [-0.3, -0.25) is 4.98 Å². The van der Waals surface area contributed by atoms with Crippen LogP contribution in [0.2, 0.25) is 0 Å². The van der Waals surface area contributed by atoms with Crippen LogP contribution in [0.5, 0.6) is 0 Å². The van der Waals surface area contributed by atoms with Crippen molar-refractivity contribution < 1.29 is 4.39 Å². The van der Waals surface area contributed by atoms with Gasteiger partial charge in [-0.15, -0.1) is 0 Å². The topological polar surface area (TPSA) is 16.1 Å². The van der Waals surface area contributed by atoms with Crippen LogP contribution in [0, 0.1) is 5.82 Å². The van der Waals surface area contributed by atoms with Crippen molar-refractivity contribution >= 4 is 23.4 Å². The number of nitrogens with zero attached hydrogens (tertiary/aromatic N) is 2. The maximum absolute atomic E-state index is 15.0. The Hall–Kier alpha value is -1.81. The van der Waals surface area contributed by atoms with E-state index >= 15 is 4.39 Å². The SMILES string of the molecule is CCCc1c(F)c(-c2cccnc2)cc2c1N(C=S)CC2. The molecule has 108 valence electrons. The predicted octanol–water partition coefficient (Wildman–Crippen LogP) is 4.16. The third-order valence-electron chi connectivity index (χ3n) is 3.92. The number of pyridine rings is 1. The van der Waals surface area contributed by atoms with Crippen LogP contribution in [0.15, 0.2) is 30.6 Å². The Morgan fingerprint density at radius 3 is 3.00 bits per heavy atom. The van der Waals surface area contributed by atoms with Gasteiger partial charge in [0.2, 0.25) is 0 Å². The summed E-state index contributed by atoms with van der Waals surface area (Å²) in [7, 11) is 0. The molecule has 0 amide bonds. The van der Waals surface area contributed by atoms with E-state index in [4.69, 9.17) is 12.2 Å². The standard InChI is InChI=1S/C17H17FN2S/c1-2-4-14-16(18)15(13-5-3-7-19-10-13)9-12-6-8-20(11-21)17(12)14/h3,5,7,9-11H,2,4,6,8H2,1H3. The zero-order chi connectivity index (χ0) is 14.8. The lowest BCUT2D eigenvalue weighted by atomic mass is 9.95. The van der Waals surface area contributed by atoms with Crippen LogP contribution in [-0.2, 0) is 12.8 Å². The molecule has 0 N–H and O–H groups in total. The summed E-state index contributed by atoms with van der Waals surface area (Å²) >= 11 is 5.07. The molecule has 2 aromatic rings. The summed E-state index contributed by atoms with van der Waals surface area (Å²) in [6.07, 6.45) is 5.96. The number of thiocarbonyl (C=S) groups is 1. The van der Waals surface area contributed by atoms with Crippen LogP contribution in [0.25, 0.3) is 11.1 Å². The molecule has 1 aliphatic heterocycles. The lowest BCUT2D eigenvalue weighted by Crippen LogP contribution is -2.18. The van der Waals surface area contributed by atoms with Gasteiger partial charge in [-0.2, -0.15) is 0 Å². The molecule has 2 nitrogen and oxygen atoms in total. The van der Waals surface area contributed by atoms with E-state index in [0.29, 0.717) is 5.56 Å². The molecule has 1 aromatic carbocycles. The van der Waals surface area contributed by atoms with Crippen LogP contribution >= 0.6 is 12.2 Å². The van der Waals surface area contributed by atoms with Gasteiger partial charge in [-0.05, 0) is 30.5 Å². The number of hydrogen-bond acceptors (Lipinski definition) is 2. The van der Waals surface area contributed by atoms with Crippen molar-refractivity contribution in [3.8, 4) is 11.1 Å². The molecule has 0 saturated carbocycles. The Kier molecular flexibility index (Phi) is 3.97. The quantitative estimate of drug-likeness (QED) is 0.789. The Balaban J connectivity index is 2.21. The van der Waals surface area contributed by atoms with Crippen molar-refractivity contribution in [3.05, 3.63) is 47.5 Å². The smallest absolute Gasteiger partial charge is 0.136 e. The van der Waals surface area contributed by atoms with E-state index in [1.165, 1.54) is 5.56 Å². The molecule has 0 bridgehead atoms. The second-order valence-electron chi connectivity index (χ2n) is 5.26. The fourth-order valence-electron chi connectivity index (χ4n) is 2.98. The van der Waals surface area contributed by atoms with E-state index in [-0.39, 0.29) is 5.82 Å². The third kappa shape index (κ3) is 2.44. The maximum atomic E-state index is 15.0. The molecule has 1 aliphatic rings. The minimum atomic E-state index is -0.132. The van der Waals surface area contributed by atoms with Gasteiger partial charge in [-0.1, -0.05) is 31.6 Å². The second kappa shape index (κ2) is 5.90. The molecule has 0 fully saturated rings. The molecule has 4 heteroatoms. The van der Waals surface area contributed by atoms with Gasteiger partial charge in [0.15, 0.2) is 0 Å². The minimum absolute atomic E-state index is 0.132. The summed E-state index contributed by atoms with van der Waals surface area (Å²) in [4.78, 5) is 6.09. The van der Waals surface area contributed by atoms with E-state index in [0.717, 1.165) is 42.6 Å². The minimum Gasteiger partial charge on any atom is -0.338 e. The largest absolute Gasteiger partial charge is 0.338 e. The number of benzene rings is 1. The van der Waals surface area contributed by atoms with Crippen molar-refractivity contribution in [2.24, 2.45) is 0 Å². The predicted molar refractivity (Wildman–Crippen MR) is 88.3 cm³/mol. The van der Waals surface area contributed by atoms with E-state index in [1.807, 2.05) is 23.1 Å². The molecular formula is C17H17FN2S. The number of halogens is 1. The third-order valence-corrected chi connectivity index (χ3v) is 4.17. The van der Waals surface area contributed by atoms with Crippen molar-refractivity contribution in [3.63, 3.8) is 0 Å². The molecule has 3 rings (SSSR count). The summed E-state index contributed by atoms with van der Waals surface area (Å²) in [6, 6.07) is 5.70. The van der Waals surface area contributed by atoms with Crippen LogP contribution in [-0.4, -0.2) is 17.0 Å². The van der Waals surface area contributed by atoms with Crippen molar-refractivity contribution in [1.29, 1.82) is 0 Å². The number of anilines is 1. The first-order valence-corrected chi connectivity index (χ1v) is 7.70. The van der Waals surface area contributed by atoms with E-state index in [2.05, 4.69) is 11.9 Å². The van der Waals surface area contributed by atoms with Crippen LogP contribution in [0.1, 0.15) is 24.5 Å². The first kappa shape index (κ1) is 14.1. The monoisotopic (exact) mass is 300 g/mol. The summed E-state index contributed by atoms with van der Waals surface area (Å²) in [6.45, 7) is 2.91. The van der Waals surface area contributed by atoms with E-state index < -0.39 is 0 Å². The van der Waals surface area contributed by atoms with E-state index in [9.17, 15) is 0 Å². The van der Waals surface area contributed by atoms with Crippen molar-refractivity contribution in [1.82, 2.24) is 4.98 Å². The van der Waals surface area contributed by atoms with Gasteiger partial charge in [-0.25, -0.2) is 4.39 Å². The van der Waals surface area contributed by atoms with Gasteiger partial charge in [0, 0.05) is 35.6 Å². The first-order valence-electron chi connectivity index (χ1n) is 7.22. The molecule has 2 heterocycles. The molecule has 0 saturated heterocycles. The first-order chi connectivity index (χ1) is 10.3. The van der Waals surface area contributed by atoms with Crippen LogP contribution < -0.4 is 4.90 Å². The Morgan fingerprint density at radius 2 is 2.33 bits per heavy atom. The average molecular weight is 300 g/mol. The summed E-state index contributed by atoms with van der Waals surface area (Å²) in [5.74, 6) is -0.132. The van der Waals surface area contributed by atoms with Gasteiger partial charge >= 0.3 is 0 Å². The fraction of sp³-hybridized carbons (Fsp3) is 0.294. The van der Waals surface area contributed by atoms with Crippen LogP contribution in [0.3, 0.4) is 0 Å². The Bertz CT molecular complexity index is 670. The van der Waals surface area contributed by atoms with Crippen molar-refractivity contribution in [2.45, 2.75) is 26.2 Å². The summed E-state index contributed by atoms with van der Waals surface area (Å²) in [5.41, 5.74) is 6.06. The molecule has 0 atom stereocenters. The summed E-state index contributed by atoms with van der Waals surface area (Å²) < 4.78 is 15.0. The van der Waals surface area contributed by atoms with Gasteiger partial charge in [0.25, 0.3) is 0 Å². The average Bonchev–Trinajstić information content (AvgIpc) is 2.93. The highest BCUT2D eigenvalue weighted by Crippen LogP contribution is 2.38. The van der Waals surface area contributed by atoms with Gasteiger partial charge in [0.05, 0.1) is 11.2 Å². The highest BCUT2D eigenvalue weighted by molar-refractivity contribution is 7.79. The fourth-order valence-corrected chi connectivity index (χ4v) is 3.19. The number of hydrogen-bond donors (Lipinski definition) is 0. The van der Waals surface area contributed by atoms with Crippen LogP contribution in [0.4, 0.5) is 10.1 Å². The highest BCUT2D eigenvalue weighted by atomic mass is 32.1. The number of rotatable bonds is 4. The lowest BCUT2D eigenvalue weighted by molar-refractivity contribution is 0.611. The maximum Gasteiger partial charge on any atom is 0.136 e. The summed E-state index contributed by atoms with van der Waals surface area (Å²) in [5, 5.41) is 0. The van der Waals surface area contributed by atoms with Crippen molar-refractivity contribution in [2.75, 3.05) is 11.4 Å². The molecule has 0 radical (unpaired) electrons. The Morgan fingerprint density at radius 1 is 1.48 bits per heavy atom. The number of fused-ring (bicyclic) bond motifs is 1. The normalized spacial score (nSPS) is 13.3. The van der Waals surface area contributed by atoms with Gasteiger partial charge < -0.3 is 4.90 Å². The molecule has 0 unspecified atom stereocenters. The molecule has 1 aromatic heterocycles. The molecule has 0 aliphatic carbocycles. The molecule has 0 spiro atoms. The lowest BCUT2D eigenvalue weighted by Gasteiger charge is -2.19. The van der Waals surface area contributed by atoms with E-state index in [1.54, 1.807) is 17.9 Å². The zero-order valence-electron chi connectivity index (χ0n) is 12.0. The molecule has 21 heavy (non-hydrogen) atoms. The number of aromatic nitrogens is 1. The van der Waals surface area contributed by atoms with Gasteiger partial charge in [0.1, 0.15) is 5.82 Å². The molecular weight excluding hydrogens is 283 g/mol. The zero-order valence-corrected chi connectivity index (χ0v) is 12.8. The second-order valence-corrected chi connectivity index (χ2v) is 5.48. The Labute approximate surface area is 129 Å². The highest BCUT2D eigenvalue weighted by Gasteiger charge is 2.26.